The highest BCUT2D eigenvalue weighted by Gasteiger charge is 2.30. The summed E-state index contributed by atoms with van der Waals surface area (Å²) >= 11 is 3.23. The van der Waals surface area contributed by atoms with Crippen molar-refractivity contribution in [2.45, 2.75) is 32.2 Å². The number of halogens is 2. The molecular formula is C15H19BrFNO2. The number of carbonyl (C=O) groups is 1. The molecule has 0 spiro atoms. The summed E-state index contributed by atoms with van der Waals surface area (Å²) < 4.78 is 14.4. The number of carboxylic acid groups (broad SMARTS) is 1. The van der Waals surface area contributed by atoms with E-state index in [-0.39, 0.29) is 17.7 Å². The second kappa shape index (κ2) is 7.18. The van der Waals surface area contributed by atoms with Gasteiger partial charge in [-0.15, -0.1) is 0 Å². The number of aliphatic carboxylic acids is 1. The molecular weight excluding hydrogens is 325 g/mol. The molecule has 0 heterocycles. The van der Waals surface area contributed by atoms with Crippen molar-refractivity contribution >= 4 is 21.9 Å². The highest BCUT2D eigenvalue weighted by Crippen LogP contribution is 2.29. The minimum atomic E-state index is -0.702. The normalized spacial score (nSPS) is 22.7. The fraction of sp³-hybridized carbons (Fsp3) is 0.533. The van der Waals surface area contributed by atoms with Crippen LogP contribution in [0.1, 0.15) is 31.2 Å². The van der Waals surface area contributed by atoms with Crippen LogP contribution in [0.25, 0.3) is 0 Å². The van der Waals surface area contributed by atoms with Gasteiger partial charge in [0, 0.05) is 16.6 Å². The smallest absolute Gasteiger partial charge is 0.306 e. The van der Waals surface area contributed by atoms with Crippen LogP contribution >= 0.6 is 15.9 Å². The Bertz CT molecular complexity index is 481. The Morgan fingerprint density at radius 1 is 1.40 bits per heavy atom. The second-order valence-electron chi connectivity index (χ2n) is 5.36. The molecule has 0 bridgehead atoms. The van der Waals surface area contributed by atoms with Crippen LogP contribution in [0.3, 0.4) is 0 Å². The van der Waals surface area contributed by atoms with E-state index in [1.807, 2.05) is 0 Å². The Morgan fingerprint density at radius 3 is 2.85 bits per heavy atom. The lowest BCUT2D eigenvalue weighted by atomic mass is 9.79. The Balaban J connectivity index is 1.86. The maximum Gasteiger partial charge on any atom is 0.306 e. The molecule has 0 aliphatic heterocycles. The van der Waals surface area contributed by atoms with Gasteiger partial charge in [-0.3, -0.25) is 4.79 Å². The molecule has 20 heavy (non-hydrogen) atoms. The predicted molar refractivity (Wildman–Crippen MR) is 78.9 cm³/mol. The van der Waals surface area contributed by atoms with E-state index >= 15 is 0 Å². The predicted octanol–water partition coefficient (Wildman–Crippen LogP) is 3.57. The van der Waals surface area contributed by atoms with Crippen molar-refractivity contribution in [1.82, 2.24) is 5.32 Å². The molecule has 5 heteroatoms. The molecule has 0 aromatic heterocycles. The van der Waals surface area contributed by atoms with Gasteiger partial charge in [-0.25, -0.2) is 4.39 Å². The summed E-state index contributed by atoms with van der Waals surface area (Å²) in [6, 6.07) is 4.99. The molecule has 1 fully saturated rings. The number of hydrogen-bond acceptors (Lipinski definition) is 2. The highest BCUT2D eigenvalue weighted by molar-refractivity contribution is 9.10. The summed E-state index contributed by atoms with van der Waals surface area (Å²) in [5, 5.41) is 12.4. The van der Waals surface area contributed by atoms with Crippen molar-refractivity contribution < 1.29 is 14.3 Å². The van der Waals surface area contributed by atoms with Gasteiger partial charge >= 0.3 is 5.97 Å². The number of hydrogen-bond donors (Lipinski definition) is 2. The van der Waals surface area contributed by atoms with Crippen molar-refractivity contribution in [1.29, 1.82) is 0 Å². The monoisotopic (exact) mass is 343 g/mol. The van der Waals surface area contributed by atoms with Crippen LogP contribution in [0.4, 0.5) is 4.39 Å². The van der Waals surface area contributed by atoms with E-state index in [0.717, 1.165) is 30.2 Å². The van der Waals surface area contributed by atoms with Gasteiger partial charge in [0.25, 0.3) is 0 Å². The Morgan fingerprint density at radius 2 is 2.15 bits per heavy atom. The zero-order valence-corrected chi connectivity index (χ0v) is 12.8. The van der Waals surface area contributed by atoms with E-state index in [9.17, 15) is 14.3 Å². The maximum atomic E-state index is 13.7. The third kappa shape index (κ3) is 4.03. The van der Waals surface area contributed by atoms with Crippen LogP contribution in [-0.4, -0.2) is 17.6 Å². The summed E-state index contributed by atoms with van der Waals surface area (Å²) in [4.78, 5) is 11.2. The van der Waals surface area contributed by atoms with Gasteiger partial charge in [0.2, 0.25) is 0 Å². The standard InChI is InChI=1S/C15H19BrFNO2/c16-12-6-5-11(14(17)7-12)9-18-8-10-3-1-2-4-13(10)15(19)20/h5-7,10,13,18H,1-4,8-9H2,(H,19,20). The minimum Gasteiger partial charge on any atom is -0.481 e. The first-order chi connectivity index (χ1) is 9.58. The van der Waals surface area contributed by atoms with Crippen LogP contribution in [0.2, 0.25) is 0 Å². The molecule has 0 saturated heterocycles. The molecule has 1 aliphatic rings. The first-order valence-electron chi connectivity index (χ1n) is 6.95. The average molecular weight is 344 g/mol. The van der Waals surface area contributed by atoms with Gasteiger partial charge < -0.3 is 10.4 Å². The third-order valence-electron chi connectivity index (χ3n) is 3.96. The van der Waals surface area contributed by atoms with Gasteiger partial charge in [-0.2, -0.15) is 0 Å². The summed E-state index contributed by atoms with van der Waals surface area (Å²) in [5.41, 5.74) is 0.607. The second-order valence-corrected chi connectivity index (χ2v) is 6.27. The summed E-state index contributed by atoms with van der Waals surface area (Å²) in [6.45, 7) is 1.06. The molecule has 2 rings (SSSR count). The largest absolute Gasteiger partial charge is 0.481 e. The van der Waals surface area contributed by atoms with Gasteiger partial charge in [-0.1, -0.05) is 34.8 Å². The molecule has 0 radical (unpaired) electrons. The number of carboxylic acids is 1. The number of benzene rings is 1. The molecule has 2 atom stereocenters. The van der Waals surface area contributed by atoms with E-state index in [2.05, 4.69) is 21.2 Å². The fourth-order valence-corrected chi connectivity index (χ4v) is 3.17. The van der Waals surface area contributed by atoms with Crippen LogP contribution in [0.15, 0.2) is 22.7 Å². The van der Waals surface area contributed by atoms with Crippen molar-refractivity contribution in [3.05, 3.63) is 34.1 Å². The molecule has 1 aliphatic carbocycles. The van der Waals surface area contributed by atoms with Crippen molar-refractivity contribution in [2.75, 3.05) is 6.54 Å². The Labute approximate surface area is 126 Å². The zero-order chi connectivity index (χ0) is 14.5. The van der Waals surface area contributed by atoms with Crippen LogP contribution in [0.5, 0.6) is 0 Å². The highest BCUT2D eigenvalue weighted by atomic mass is 79.9. The lowest BCUT2D eigenvalue weighted by Gasteiger charge is -2.28. The average Bonchev–Trinajstić information content (AvgIpc) is 2.41. The molecule has 2 unspecified atom stereocenters. The van der Waals surface area contributed by atoms with Crippen LogP contribution in [0, 0.1) is 17.7 Å². The molecule has 110 valence electrons. The van der Waals surface area contributed by atoms with Gasteiger partial charge in [0.15, 0.2) is 0 Å². The van der Waals surface area contributed by atoms with Crippen molar-refractivity contribution in [3.8, 4) is 0 Å². The minimum absolute atomic E-state index is 0.153. The Hall–Kier alpha value is -0.940. The lowest BCUT2D eigenvalue weighted by molar-refractivity contribution is -0.144. The third-order valence-corrected chi connectivity index (χ3v) is 4.46. The van der Waals surface area contributed by atoms with E-state index < -0.39 is 5.97 Å². The fourth-order valence-electron chi connectivity index (χ4n) is 2.83. The topological polar surface area (TPSA) is 49.3 Å². The van der Waals surface area contributed by atoms with E-state index in [0.29, 0.717) is 18.7 Å². The first-order valence-corrected chi connectivity index (χ1v) is 7.74. The number of rotatable bonds is 5. The maximum absolute atomic E-state index is 13.7. The Kier molecular flexibility index (Phi) is 5.54. The van der Waals surface area contributed by atoms with Gasteiger partial charge in [0.05, 0.1) is 5.92 Å². The van der Waals surface area contributed by atoms with Crippen LogP contribution < -0.4 is 5.32 Å². The quantitative estimate of drug-likeness (QED) is 0.859. The van der Waals surface area contributed by atoms with Gasteiger partial charge in [0.1, 0.15) is 5.82 Å². The zero-order valence-electron chi connectivity index (χ0n) is 11.2. The summed E-state index contributed by atoms with van der Waals surface area (Å²) in [7, 11) is 0. The van der Waals surface area contributed by atoms with Crippen molar-refractivity contribution in [2.24, 2.45) is 11.8 Å². The summed E-state index contributed by atoms with van der Waals surface area (Å²) in [5.74, 6) is -1.05. The molecule has 1 saturated carbocycles. The molecule has 3 nitrogen and oxygen atoms in total. The van der Waals surface area contributed by atoms with Crippen LogP contribution in [-0.2, 0) is 11.3 Å². The molecule has 0 amide bonds. The van der Waals surface area contributed by atoms with Crippen molar-refractivity contribution in [3.63, 3.8) is 0 Å². The SMILES string of the molecule is O=C(O)C1CCCCC1CNCc1ccc(Br)cc1F. The van der Waals surface area contributed by atoms with E-state index in [1.165, 1.54) is 6.07 Å². The summed E-state index contributed by atoms with van der Waals surface area (Å²) in [6.07, 6.45) is 3.78. The molecule has 2 N–H and O–H groups in total. The first kappa shape index (κ1) is 15.4. The van der Waals surface area contributed by atoms with Gasteiger partial charge in [-0.05, 0) is 37.4 Å². The molecule has 1 aromatic carbocycles. The van der Waals surface area contributed by atoms with E-state index in [4.69, 9.17) is 0 Å². The molecule has 1 aromatic rings. The number of nitrogens with one attached hydrogen (secondary N) is 1. The van der Waals surface area contributed by atoms with E-state index in [1.54, 1.807) is 12.1 Å². The lowest BCUT2D eigenvalue weighted by Crippen LogP contribution is -2.34.